The second-order valence-electron chi connectivity index (χ2n) is 4.70. The van der Waals surface area contributed by atoms with Crippen molar-refractivity contribution >= 4 is 46.0 Å². The molecule has 5 nitrogen and oxygen atoms in total. The Hall–Kier alpha value is -1.72. The molecule has 20 heavy (non-hydrogen) atoms. The van der Waals surface area contributed by atoms with Gasteiger partial charge in [0.1, 0.15) is 6.04 Å². The van der Waals surface area contributed by atoms with Gasteiger partial charge < -0.3 is 10.3 Å². The van der Waals surface area contributed by atoms with Gasteiger partial charge in [-0.3, -0.25) is 9.69 Å². The Morgan fingerprint density at radius 3 is 2.60 bits per heavy atom. The first-order valence-electron chi connectivity index (χ1n) is 6.01. The van der Waals surface area contributed by atoms with Crippen molar-refractivity contribution in [3.63, 3.8) is 0 Å². The van der Waals surface area contributed by atoms with Gasteiger partial charge in [-0.05, 0) is 17.7 Å². The molecule has 3 amide bonds. The van der Waals surface area contributed by atoms with Crippen molar-refractivity contribution in [1.82, 2.24) is 15.2 Å². The second-order valence-corrected chi connectivity index (χ2v) is 5.51. The fraction of sp³-hybridized carbons (Fsp3) is 0.231. The lowest BCUT2D eigenvalue weighted by Gasteiger charge is -2.07. The summed E-state index contributed by atoms with van der Waals surface area (Å²) in [6.45, 7) is 0. The fourth-order valence-corrected chi connectivity index (χ4v) is 2.89. The van der Waals surface area contributed by atoms with Crippen molar-refractivity contribution in [2.24, 2.45) is 0 Å². The molecule has 0 aliphatic carbocycles. The molecule has 0 unspecified atom stereocenters. The summed E-state index contributed by atoms with van der Waals surface area (Å²) in [5.41, 5.74) is 1.58. The van der Waals surface area contributed by atoms with Gasteiger partial charge in [-0.25, -0.2) is 4.79 Å². The third-order valence-corrected chi connectivity index (χ3v) is 4.10. The van der Waals surface area contributed by atoms with Crippen molar-refractivity contribution in [1.29, 1.82) is 0 Å². The molecule has 0 spiro atoms. The third-order valence-electron chi connectivity index (χ3n) is 3.47. The van der Waals surface area contributed by atoms with E-state index in [1.165, 1.54) is 7.05 Å². The molecule has 1 aromatic carbocycles. The first-order chi connectivity index (χ1) is 9.49. The first kappa shape index (κ1) is 13.3. The molecule has 1 aromatic heterocycles. The predicted octanol–water partition coefficient (Wildman–Crippen LogP) is 2.57. The lowest BCUT2D eigenvalue weighted by Crippen LogP contribution is -2.31. The van der Waals surface area contributed by atoms with Crippen LogP contribution in [0.25, 0.3) is 10.9 Å². The average molecular weight is 312 g/mol. The Kier molecular flexibility index (Phi) is 3.11. The normalized spacial score (nSPS) is 18.9. The van der Waals surface area contributed by atoms with Crippen molar-refractivity contribution in [3.05, 3.63) is 33.9 Å². The Labute approximate surface area is 124 Å². The molecule has 1 saturated heterocycles. The van der Waals surface area contributed by atoms with Crippen molar-refractivity contribution in [3.8, 4) is 0 Å². The van der Waals surface area contributed by atoms with Crippen LogP contribution in [0.4, 0.5) is 4.79 Å². The van der Waals surface area contributed by atoms with Crippen LogP contribution in [0.15, 0.2) is 18.3 Å². The molecule has 0 saturated carbocycles. The Bertz CT molecular complexity index is 726. The number of aromatic nitrogens is 1. The number of likely N-dealkylation sites (N-methyl/N-ethyl adjacent to an activating group) is 1. The second kappa shape index (κ2) is 4.68. The van der Waals surface area contributed by atoms with Crippen LogP contribution >= 0.6 is 23.2 Å². The van der Waals surface area contributed by atoms with Crippen molar-refractivity contribution in [2.75, 3.05) is 7.05 Å². The highest BCUT2D eigenvalue weighted by Crippen LogP contribution is 2.32. The van der Waals surface area contributed by atoms with Gasteiger partial charge in [-0.15, -0.1) is 0 Å². The SMILES string of the molecule is CN1C(=O)N[C@H](Cc2c[nH]c3c(Cl)ccc(Cl)c23)C1=O. The largest absolute Gasteiger partial charge is 0.360 e. The summed E-state index contributed by atoms with van der Waals surface area (Å²) in [6, 6.07) is 2.47. The molecule has 2 heterocycles. The minimum Gasteiger partial charge on any atom is -0.360 e. The van der Waals surface area contributed by atoms with Gasteiger partial charge in [-0.1, -0.05) is 23.2 Å². The van der Waals surface area contributed by atoms with Crippen LogP contribution < -0.4 is 5.32 Å². The smallest absolute Gasteiger partial charge is 0.324 e. The number of H-pyrrole nitrogens is 1. The summed E-state index contributed by atoms with van der Waals surface area (Å²) in [4.78, 5) is 27.5. The van der Waals surface area contributed by atoms with Gasteiger partial charge in [0.05, 0.1) is 15.6 Å². The first-order valence-corrected chi connectivity index (χ1v) is 6.76. The van der Waals surface area contributed by atoms with Crippen LogP contribution in [0.2, 0.25) is 10.0 Å². The summed E-state index contributed by atoms with van der Waals surface area (Å²) >= 11 is 12.3. The molecule has 1 aliphatic rings. The highest BCUT2D eigenvalue weighted by molar-refractivity contribution is 6.40. The molecule has 3 rings (SSSR count). The van der Waals surface area contributed by atoms with Gasteiger partial charge in [0.15, 0.2) is 0 Å². The minimum atomic E-state index is -0.568. The van der Waals surface area contributed by atoms with E-state index in [-0.39, 0.29) is 11.9 Å². The Morgan fingerprint density at radius 2 is 1.95 bits per heavy atom. The van der Waals surface area contributed by atoms with E-state index in [2.05, 4.69) is 10.3 Å². The number of benzene rings is 1. The van der Waals surface area contributed by atoms with E-state index in [1.807, 2.05) is 0 Å². The van der Waals surface area contributed by atoms with Crippen LogP contribution in [0.1, 0.15) is 5.56 Å². The number of nitrogens with zero attached hydrogens (tertiary/aromatic N) is 1. The molecule has 1 atom stereocenters. The molecule has 1 aliphatic heterocycles. The van der Waals surface area contributed by atoms with E-state index in [9.17, 15) is 9.59 Å². The number of imide groups is 1. The van der Waals surface area contributed by atoms with E-state index < -0.39 is 6.04 Å². The maximum Gasteiger partial charge on any atom is 0.324 e. The highest BCUT2D eigenvalue weighted by Gasteiger charge is 2.35. The molecule has 2 N–H and O–H groups in total. The molecule has 104 valence electrons. The van der Waals surface area contributed by atoms with Gasteiger partial charge >= 0.3 is 6.03 Å². The number of aromatic amines is 1. The highest BCUT2D eigenvalue weighted by atomic mass is 35.5. The van der Waals surface area contributed by atoms with Crippen molar-refractivity contribution < 1.29 is 9.59 Å². The van der Waals surface area contributed by atoms with Crippen LogP contribution in [-0.2, 0) is 11.2 Å². The van der Waals surface area contributed by atoms with E-state index in [0.717, 1.165) is 21.4 Å². The number of carbonyl (C=O) groups excluding carboxylic acids is 2. The van der Waals surface area contributed by atoms with E-state index in [1.54, 1.807) is 18.3 Å². The molecule has 2 aromatic rings. The van der Waals surface area contributed by atoms with Crippen LogP contribution in [0.3, 0.4) is 0 Å². The Morgan fingerprint density at radius 1 is 1.25 bits per heavy atom. The zero-order valence-electron chi connectivity index (χ0n) is 10.5. The van der Waals surface area contributed by atoms with Crippen LogP contribution in [-0.4, -0.2) is 34.9 Å². The van der Waals surface area contributed by atoms with E-state index in [4.69, 9.17) is 23.2 Å². The molecular weight excluding hydrogens is 301 g/mol. The standard InChI is InChI=1S/C13H11Cl2N3O2/c1-18-12(19)9(17-13(18)20)4-6-5-16-11-8(15)3-2-7(14)10(6)11/h2-3,5,9,16H,4H2,1H3,(H,17,20)/t9-/m1/s1. The number of carbonyl (C=O) groups is 2. The van der Waals surface area contributed by atoms with Gasteiger partial charge in [0, 0.05) is 25.1 Å². The average Bonchev–Trinajstić information content (AvgIpc) is 2.94. The summed E-state index contributed by atoms with van der Waals surface area (Å²) in [7, 11) is 1.46. The number of amides is 3. The molecular formula is C13H11Cl2N3O2. The van der Waals surface area contributed by atoms with Gasteiger partial charge in [-0.2, -0.15) is 0 Å². The topological polar surface area (TPSA) is 65.2 Å². The summed E-state index contributed by atoms with van der Waals surface area (Å²) in [5.74, 6) is -0.248. The number of halogens is 2. The lowest BCUT2D eigenvalue weighted by molar-refractivity contribution is -0.126. The van der Waals surface area contributed by atoms with E-state index >= 15 is 0 Å². The molecule has 7 heteroatoms. The number of rotatable bonds is 2. The lowest BCUT2D eigenvalue weighted by atomic mass is 10.1. The number of urea groups is 1. The predicted molar refractivity (Wildman–Crippen MR) is 77.1 cm³/mol. The monoisotopic (exact) mass is 311 g/mol. The zero-order valence-corrected chi connectivity index (χ0v) is 12.0. The molecule has 1 fully saturated rings. The quantitative estimate of drug-likeness (QED) is 0.837. The summed E-state index contributed by atoms with van der Waals surface area (Å²) in [5, 5.41) is 4.55. The molecule has 0 radical (unpaired) electrons. The fourth-order valence-electron chi connectivity index (χ4n) is 2.40. The Balaban J connectivity index is 1.98. The molecule has 0 bridgehead atoms. The number of hydrogen-bond acceptors (Lipinski definition) is 2. The maximum atomic E-state index is 11.9. The summed E-state index contributed by atoms with van der Waals surface area (Å²) in [6.07, 6.45) is 2.13. The van der Waals surface area contributed by atoms with E-state index in [0.29, 0.717) is 16.5 Å². The maximum absolute atomic E-state index is 11.9. The zero-order chi connectivity index (χ0) is 14.4. The minimum absolute atomic E-state index is 0.248. The van der Waals surface area contributed by atoms with Crippen molar-refractivity contribution in [2.45, 2.75) is 12.5 Å². The number of nitrogens with one attached hydrogen (secondary N) is 2. The van der Waals surface area contributed by atoms with Gasteiger partial charge in [0.25, 0.3) is 5.91 Å². The number of fused-ring (bicyclic) bond motifs is 1. The third kappa shape index (κ3) is 1.94. The van der Waals surface area contributed by atoms with Gasteiger partial charge in [0.2, 0.25) is 0 Å². The van der Waals surface area contributed by atoms with Crippen LogP contribution in [0.5, 0.6) is 0 Å². The summed E-state index contributed by atoms with van der Waals surface area (Å²) < 4.78 is 0. The number of hydrogen-bond donors (Lipinski definition) is 2. The van der Waals surface area contributed by atoms with Crippen LogP contribution in [0, 0.1) is 0 Å².